The molecule has 0 unspecified atom stereocenters. The molecule has 1 fully saturated rings. The van der Waals surface area contributed by atoms with E-state index in [1.54, 1.807) is 12.0 Å². The largest absolute Gasteiger partial charge is 0.497 e. The number of thioether (sulfide) groups is 1. The molecule has 1 saturated heterocycles. The van der Waals surface area contributed by atoms with E-state index < -0.39 is 0 Å². The zero-order chi connectivity index (χ0) is 23.7. The van der Waals surface area contributed by atoms with Gasteiger partial charge in [0.1, 0.15) is 17.3 Å². The van der Waals surface area contributed by atoms with E-state index in [-0.39, 0.29) is 5.91 Å². The number of methoxy groups -OCH3 is 1. The number of ether oxygens (including phenoxy) is 1. The predicted molar refractivity (Wildman–Crippen MR) is 138 cm³/mol. The summed E-state index contributed by atoms with van der Waals surface area (Å²) in [5.74, 6) is 2.34. The van der Waals surface area contributed by atoms with Crippen molar-refractivity contribution in [2.75, 3.05) is 13.7 Å². The minimum Gasteiger partial charge on any atom is -0.497 e. The lowest BCUT2D eigenvalue weighted by Gasteiger charge is -2.15. The van der Waals surface area contributed by atoms with Crippen molar-refractivity contribution in [3.05, 3.63) is 88.3 Å². The lowest BCUT2D eigenvalue weighted by molar-refractivity contribution is -0.122. The minimum atomic E-state index is -0.0460. The van der Waals surface area contributed by atoms with Gasteiger partial charge >= 0.3 is 0 Å². The summed E-state index contributed by atoms with van der Waals surface area (Å²) in [6, 6.07) is 17.7. The van der Waals surface area contributed by atoms with Crippen molar-refractivity contribution in [3.63, 3.8) is 0 Å². The predicted octanol–water partition coefficient (Wildman–Crippen LogP) is 6.23. The van der Waals surface area contributed by atoms with E-state index in [0.29, 0.717) is 16.6 Å². The number of furan rings is 1. The van der Waals surface area contributed by atoms with Crippen molar-refractivity contribution in [1.29, 1.82) is 0 Å². The first kappa shape index (κ1) is 22.1. The zero-order valence-corrected chi connectivity index (χ0v) is 20.1. The maximum atomic E-state index is 13.4. The number of amides is 1. The van der Waals surface area contributed by atoms with Crippen LogP contribution in [0.3, 0.4) is 0 Å². The smallest absolute Gasteiger partial charge is 0.266 e. The van der Waals surface area contributed by atoms with Crippen LogP contribution < -0.4 is 4.74 Å². The van der Waals surface area contributed by atoms with Crippen LogP contribution in [0.2, 0.25) is 0 Å². The molecular formula is C27H25N3O3S. The van der Waals surface area contributed by atoms with Gasteiger partial charge in [-0.3, -0.25) is 9.69 Å². The third kappa shape index (κ3) is 4.39. The molecule has 1 amide bonds. The number of hydrogen-bond acceptors (Lipinski definition) is 5. The Labute approximate surface area is 202 Å². The summed E-state index contributed by atoms with van der Waals surface area (Å²) in [4.78, 5) is 24.0. The molecule has 34 heavy (non-hydrogen) atoms. The lowest BCUT2D eigenvalue weighted by Crippen LogP contribution is -2.31. The van der Waals surface area contributed by atoms with Crippen LogP contribution in [0.1, 0.15) is 22.6 Å². The normalized spacial score (nSPS) is 16.3. The minimum absolute atomic E-state index is 0.0460. The highest BCUT2D eigenvalue weighted by Crippen LogP contribution is 2.35. The molecular weight excluding hydrogens is 446 g/mol. The summed E-state index contributed by atoms with van der Waals surface area (Å²) in [6.07, 6.45) is 4.64. The van der Waals surface area contributed by atoms with Crippen molar-refractivity contribution >= 4 is 45.5 Å². The third-order valence-corrected chi connectivity index (χ3v) is 6.84. The molecule has 7 heteroatoms. The first-order valence-corrected chi connectivity index (χ1v) is 11.9. The molecule has 4 aromatic rings. The number of aromatic amines is 1. The van der Waals surface area contributed by atoms with Crippen molar-refractivity contribution < 1.29 is 13.9 Å². The molecule has 0 bridgehead atoms. The monoisotopic (exact) mass is 471 g/mol. The number of carbonyl (C=O) groups is 1. The number of aliphatic imine (C=N–C) groups is 1. The quantitative estimate of drug-likeness (QED) is 0.338. The number of hydrogen-bond donors (Lipinski definition) is 1. The highest BCUT2D eigenvalue weighted by atomic mass is 32.2. The Kier molecular flexibility index (Phi) is 6.02. The van der Waals surface area contributed by atoms with Crippen LogP contribution in [0.25, 0.3) is 17.0 Å². The fourth-order valence-corrected chi connectivity index (χ4v) is 5.08. The maximum Gasteiger partial charge on any atom is 0.266 e. The number of benzene rings is 2. The lowest BCUT2D eigenvalue weighted by atomic mass is 10.1. The van der Waals surface area contributed by atoms with Gasteiger partial charge in [-0.05, 0) is 80.1 Å². The highest BCUT2D eigenvalue weighted by Gasteiger charge is 2.33. The molecule has 2 aromatic carbocycles. The van der Waals surface area contributed by atoms with Gasteiger partial charge in [-0.15, -0.1) is 0 Å². The van der Waals surface area contributed by atoms with E-state index in [2.05, 4.69) is 17.1 Å². The van der Waals surface area contributed by atoms with Crippen molar-refractivity contribution in [2.45, 2.75) is 20.3 Å². The van der Waals surface area contributed by atoms with E-state index in [9.17, 15) is 4.79 Å². The average molecular weight is 472 g/mol. The van der Waals surface area contributed by atoms with Gasteiger partial charge in [-0.2, -0.15) is 0 Å². The van der Waals surface area contributed by atoms with Crippen LogP contribution in [0, 0.1) is 13.8 Å². The number of aromatic nitrogens is 1. The fourth-order valence-electron chi connectivity index (χ4n) is 4.06. The fraction of sp³-hybridized carbons (Fsp3) is 0.185. The Morgan fingerprint density at radius 1 is 1.15 bits per heavy atom. The number of para-hydroxylation sites is 1. The SMILES string of the molecule is COc1ccc(N=C2SC(=Cc3cc(C)oc3C)C(=O)N2CCc2c[nH]c3ccccc23)cc1. The third-order valence-electron chi connectivity index (χ3n) is 5.83. The number of rotatable bonds is 6. The Morgan fingerprint density at radius 3 is 2.68 bits per heavy atom. The highest BCUT2D eigenvalue weighted by molar-refractivity contribution is 8.18. The molecule has 1 aliphatic heterocycles. The summed E-state index contributed by atoms with van der Waals surface area (Å²) in [5.41, 5.74) is 3.95. The molecule has 1 aliphatic rings. The summed E-state index contributed by atoms with van der Waals surface area (Å²) >= 11 is 1.39. The van der Waals surface area contributed by atoms with Crippen molar-refractivity contribution in [1.82, 2.24) is 9.88 Å². The van der Waals surface area contributed by atoms with Gasteiger partial charge in [0.25, 0.3) is 5.91 Å². The van der Waals surface area contributed by atoms with Gasteiger partial charge in [0, 0.05) is 29.2 Å². The van der Waals surface area contributed by atoms with E-state index >= 15 is 0 Å². The molecule has 0 radical (unpaired) electrons. The Balaban J connectivity index is 1.46. The number of amidine groups is 1. The second-order valence-corrected chi connectivity index (χ2v) is 9.15. The molecule has 0 saturated carbocycles. The van der Waals surface area contributed by atoms with Gasteiger partial charge in [-0.1, -0.05) is 18.2 Å². The van der Waals surface area contributed by atoms with Crippen molar-refractivity contribution in [2.24, 2.45) is 4.99 Å². The molecule has 1 N–H and O–H groups in total. The van der Waals surface area contributed by atoms with Crippen LogP contribution in [-0.2, 0) is 11.2 Å². The van der Waals surface area contributed by atoms with Gasteiger partial charge in [0.15, 0.2) is 5.17 Å². The number of nitrogens with one attached hydrogen (secondary N) is 1. The standard InChI is InChI=1S/C27H25N3O3S/c1-17-14-20(18(2)33-17)15-25-26(31)30(13-12-19-16-28-24-7-5-4-6-23(19)24)27(34-25)29-21-8-10-22(32-3)11-9-21/h4-11,14-16,28H,12-13H2,1-3H3. The summed E-state index contributed by atoms with van der Waals surface area (Å²) < 4.78 is 10.9. The second-order valence-electron chi connectivity index (χ2n) is 8.14. The first-order valence-electron chi connectivity index (χ1n) is 11.1. The Bertz CT molecular complexity index is 1410. The van der Waals surface area contributed by atoms with Crippen LogP contribution in [0.4, 0.5) is 5.69 Å². The van der Waals surface area contributed by atoms with E-state index in [1.807, 2.05) is 68.6 Å². The average Bonchev–Trinajstić information content (AvgIpc) is 3.49. The maximum absolute atomic E-state index is 13.4. The number of carbonyl (C=O) groups excluding carboxylic acids is 1. The number of aryl methyl sites for hydroxylation is 2. The van der Waals surface area contributed by atoms with Gasteiger partial charge in [0.2, 0.25) is 0 Å². The summed E-state index contributed by atoms with van der Waals surface area (Å²) in [6.45, 7) is 4.34. The van der Waals surface area contributed by atoms with Crippen LogP contribution in [0.5, 0.6) is 5.75 Å². The van der Waals surface area contributed by atoms with E-state index in [0.717, 1.165) is 40.5 Å². The molecule has 2 aromatic heterocycles. The van der Waals surface area contributed by atoms with E-state index in [1.165, 1.54) is 22.7 Å². The number of nitrogens with zero attached hydrogens (tertiary/aromatic N) is 2. The molecule has 0 spiro atoms. The van der Waals surface area contributed by atoms with Gasteiger partial charge in [0.05, 0.1) is 17.7 Å². The van der Waals surface area contributed by atoms with Gasteiger partial charge in [-0.25, -0.2) is 4.99 Å². The van der Waals surface area contributed by atoms with Crippen LogP contribution in [-0.4, -0.2) is 34.6 Å². The zero-order valence-electron chi connectivity index (χ0n) is 19.3. The molecule has 0 aliphatic carbocycles. The number of H-pyrrole nitrogens is 1. The summed E-state index contributed by atoms with van der Waals surface area (Å²) in [7, 11) is 1.63. The molecule has 172 valence electrons. The number of fused-ring (bicyclic) bond motifs is 1. The molecule has 5 rings (SSSR count). The van der Waals surface area contributed by atoms with Crippen LogP contribution in [0.15, 0.2) is 75.1 Å². The summed E-state index contributed by atoms with van der Waals surface area (Å²) in [5, 5.41) is 1.84. The Hall–Kier alpha value is -3.71. The molecule has 6 nitrogen and oxygen atoms in total. The molecule has 0 atom stereocenters. The first-order chi connectivity index (χ1) is 16.5. The topological polar surface area (TPSA) is 70.8 Å². The van der Waals surface area contributed by atoms with Crippen LogP contribution >= 0.6 is 11.8 Å². The Morgan fingerprint density at radius 2 is 1.94 bits per heavy atom. The second kappa shape index (κ2) is 9.27. The van der Waals surface area contributed by atoms with E-state index in [4.69, 9.17) is 14.1 Å². The van der Waals surface area contributed by atoms with Crippen molar-refractivity contribution in [3.8, 4) is 5.75 Å². The van der Waals surface area contributed by atoms with Gasteiger partial charge < -0.3 is 14.1 Å². The molecule has 3 heterocycles.